The van der Waals surface area contributed by atoms with Crippen molar-refractivity contribution in [1.82, 2.24) is 5.32 Å². The lowest BCUT2D eigenvalue weighted by atomic mass is 9.77. The van der Waals surface area contributed by atoms with Crippen LogP contribution in [0.15, 0.2) is 23.6 Å². The zero-order chi connectivity index (χ0) is 12.3. The number of amides is 1. The van der Waals surface area contributed by atoms with Crippen LogP contribution in [-0.4, -0.2) is 22.5 Å². The van der Waals surface area contributed by atoms with Gasteiger partial charge >= 0.3 is 5.97 Å². The van der Waals surface area contributed by atoms with Gasteiger partial charge in [-0.2, -0.15) is 0 Å². The van der Waals surface area contributed by atoms with Crippen LogP contribution < -0.4 is 5.32 Å². The van der Waals surface area contributed by atoms with Crippen LogP contribution in [0.2, 0.25) is 0 Å². The summed E-state index contributed by atoms with van der Waals surface area (Å²) >= 11 is 1.53. The molecule has 4 nitrogen and oxygen atoms in total. The van der Waals surface area contributed by atoms with E-state index in [1.165, 1.54) is 17.4 Å². The van der Waals surface area contributed by atoms with Crippen LogP contribution in [0.25, 0.3) is 6.08 Å². The Morgan fingerprint density at radius 3 is 2.71 bits per heavy atom. The summed E-state index contributed by atoms with van der Waals surface area (Å²) in [5.74, 6) is -1.29. The molecule has 1 heterocycles. The van der Waals surface area contributed by atoms with Crippen LogP contribution in [0.5, 0.6) is 0 Å². The van der Waals surface area contributed by atoms with Gasteiger partial charge in [0.15, 0.2) is 0 Å². The number of carbonyl (C=O) groups is 2. The van der Waals surface area contributed by atoms with E-state index < -0.39 is 11.5 Å². The van der Waals surface area contributed by atoms with E-state index in [0.29, 0.717) is 12.8 Å². The van der Waals surface area contributed by atoms with E-state index in [4.69, 9.17) is 5.11 Å². The van der Waals surface area contributed by atoms with Crippen molar-refractivity contribution in [3.05, 3.63) is 28.5 Å². The summed E-state index contributed by atoms with van der Waals surface area (Å²) in [6.45, 7) is 0. The number of aliphatic carboxylic acids is 1. The van der Waals surface area contributed by atoms with Crippen molar-refractivity contribution < 1.29 is 14.7 Å². The average Bonchev–Trinajstić information content (AvgIpc) is 2.72. The molecule has 0 atom stereocenters. The van der Waals surface area contributed by atoms with E-state index in [1.54, 1.807) is 6.08 Å². The van der Waals surface area contributed by atoms with Gasteiger partial charge in [-0.15, -0.1) is 11.3 Å². The minimum atomic E-state index is -1.03. The highest BCUT2D eigenvalue weighted by molar-refractivity contribution is 7.10. The fourth-order valence-corrected chi connectivity index (χ4v) is 2.36. The molecule has 1 saturated carbocycles. The summed E-state index contributed by atoms with van der Waals surface area (Å²) in [4.78, 5) is 23.6. The average molecular weight is 251 g/mol. The summed E-state index contributed by atoms with van der Waals surface area (Å²) < 4.78 is 0. The molecule has 0 spiro atoms. The van der Waals surface area contributed by atoms with Crippen LogP contribution in [0.1, 0.15) is 24.1 Å². The topological polar surface area (TPSA) is 66.4 Å². The smallest absolute Gasteiger partial charge is 0.329 e. The van der Waals surface area contributed by atoms with E-state index in [0.717, 1.165) is 11.3 Å². The van der Waals surface area contributed by atoms with Gasteiger partial charge in [0.1, 0.15) is 5.54 Å². The third kappa shape index (κ3) is 2.55. The molecule has 1 amide bonds. The third-order valence-corrected chi connectivity index (χ3v) is 3.76. The summed E-state index contributed by atoms with van der Waals surface area (Å²) in [5, 5.41) is 13.5. The van der Waals surface area contributed by atoms with Crippen molar-refractivity contribution in [1.29, 1.82) is 0 Å². The summed E-state index contributed by atoms with van der Waals surface area (Å²) in [5.41, 5.74) is -1.03. The van der Waals surface area contributed by atoms with Gasteiger partial charge in [-0.1, -0.05) is 6.07 Å². The predicted octanol–water partition coefficient (Wildman–Crippen LogP) is 1.88. The molecule has 0 aromatic carbocycles. The van der Waals surface area contributed by atoms with Crippen LogP contribution in [0.3, 0.4) is 0 Å². The fraction of sp³-hybridized carbons (Fsp3) is 0.333. The second kappa shape index (κ2) is 4.71. The first-order valence-electron chi connectivity index (χ1n) is 5.39. The lowest BCUT2D eigenvalue weighted by Crippen LogP contribution is -2.58. The highest BCUT2D eigenvalue weighted by atomic mass is 32.1. The summed E-state index contributed by atoms with van der Waals surface area (Å²) in [6, 6.07) is 3.79. The minimum Gasteiger partial charge on any atom is -0.480 e. The molecule has 0 bridgehead atoms. The monoisotopic (exact) mass is 251 g/mol. The van der Waals surface area contributed by atoms with E-state index in [-0.39, 0.29) is 5.91 Å². The lowest BCUT2D eigenvalue weighted by molar-refractivity contribution is -0.151. The molecule has 1 aromatic heterocycles. The third-order valence-electron chi connectivity index (χ3n) is 2.92. The maximum absolute atomic E-state index is 11.6. The van der Waals surface area contributed by atoms with Gasteiger partial charge in [-0.3, -0.25) is 4.79 Å². The first-order chi connectivity index (χ1) is 8.12. The second-order valence-corrected chi connectivity index (χ2v) is 5.06. The van der Waals surface area contributed by atoms with Gasteiger partial charge in [0.2, 0.25) is 5.91 Å². The molecule has 2 rings (SSSR count). The molecule has 0 radical (unpaired) electrons. The Bertz CT molecular complexity index is 446. The van der Waals surface area contributed by atoms with Crippen LogP contribution in [0.4, 0.5) is 0 Å². The molecule has 0 aliphatic heterocycles. The van der Waals surface area contributed by atoms with Gasteiger partial charge in [-0.05, 0) is 36.8 Å². The van der Waals surface area contributed by atoms with Gasteiger partial charge in [0.25, 0.3) is 0 Å². The molecule has 2 N–H and O–H groups in total. The predicted molar refractivity (Wildman–Crippen MR) is 65.7 cm³/mol. The van der Waals surface area contributed by atoms with E-state index in [9.17, 15) is 9.59 Å². The SMILES string of the molecule is O=C(/C=C/c1cccs1)NC1(C(=O)O)CCC1. The van der Waals surface area contributed by atoms with Gasteiger partial charge in [0.05, 0.1) is 0 Å². The number of carboxylic acid groups (broad SMARTS) is 1. The Balaban J connectivity index is 1.95. The lowest BCUT2D eigenvalue weighted by Gasteiger charge is -2.37. The number of thiophene rings is 1. The molecule has 1 fully saturated rings. The van der Waals surface area contributed by atoms with Crippen molar-refractivity contribution in [3.8, 4) is 0 Å². The van der Waals surface area contributed by atoms with Gasteiger partial charge in [0, 0.05) is 11.0 Å². The molecular weight excluding hydrogens is 238 g/mol. The maximum atomic E-state index is 11.6. The highest BCUT2D eigenvalue weighted by Crippen LogP contribution is 2.31. The fourth-order valence-electron chi connectivity index (χ4n) is 1.74. The minimum absolute atomic E-state index is 0.347. The molecule has 1 aliphatic carbocycles. The van der Waals surface area contributed by atoms with Gasteiger partial charge < -0.3 is 10.4 Å². The second-order valence-electron chi connectivity index (χ2n) is 4.08. The van der Waals surface area contributed by atoms with Crippen LogP contribution in [0, 0.1) is 0 Å². The Kier molecular flexibility index (Phi) is 3.28. The zero-order valence-corrected chi connectivity index (χ0v) is 10.00. The van der Waals surface area contributed by atoms with Crippen molar-refractivity contribution in [2.24, 2.45) is 0 Å². The summed E-state index contributed by atoms with van der Waals surface area (Å²) in [7, 11) is 0. The van der Waals surface area contributed by atoms with E-state index in [1.807, 2.05) is 17.5 Å². The number of hydrogen-bond donors (Lipinski definition) is 2. The number of hydrogen-bond acceptors (Lipinski definition) is 3. The van der Waals surface area contributed by atoms with E-state index >= 15 is 0 Å². The quantitative estimate of drug-likeness (QED) is 0.803. The van der Waals surface area contributed by atoms with Crippen molar-refractivity contribution in [2.75, 3.05) is 0 Å². The number of carbonyl (C=O) groups excluding carboxylic acids is 1. The molecule has 1 aromatic rings. The molecule has 0 unspecified atom stereocenters. The first kappa shape index (κ1) is 11.9. The molecular formula is C12H13NO3S. The molecule has 5 heteroatoms. The Hall–Kier alpha value is -1.62. The summed E-state index contributed by atoms with van der Waals surface area (Å²) in [6.07, 6.45) is 4.95. The normalized spacial score (nSPS) is 17.6. The maximum Gasteiger partial charge on any atom is 0.329 e. The molecule has 90 valence electrons. The molecule has 17 heavy (non-hydrogen) atoms. The standard InChI is InChI=1S/C12H13NO3S/c14-10(5-4-9-3-1-8-17-9)13-12(11(15)16)6-2-7-12/h1,3-5,8H,2,6-7H2,(H,13,14)(H,15,16)/b5-4+. The number of carboxylic acids is 1. The highest BCUT2D eigenvalue weighted by Gasteiger charge is 2.45. The van der Waals surface area contributed by atoms with Crippen molar-refractivity contribution >= 4 is 29.3 Å². The van der Waals surface area contributed by atoms with Crippen LogP contribution >= 0.6 is 11.3 Å². The van der Waals surface area contributed by atoms with Gasteiger partial charge in [-0.25, -0.2) is 4.79 Å². The van der Waals surface area contributed by atoms with Crippen molar-refractivity contribution in [2.45, 2.75) is 24.8 Å². The molecule has 1 aliphatic rings. The van der Waals surface area contributed by atoms with E-state index in [2.05, 4.69) is 5.32 Å². The Morgan fingerprint density at radius 2 is 2.24 bits per heavy atom. The van der Waals surface area contributed by atoms with Crippen LogP contribution in [-0.2, 0) is 9.59 Å². The Labute approximate surface area is 103 Å². The molecule has 0 saturated heterocycles. The zero-order valence-electron chi connectivity index (χ0n) is 9.18. The first-order valence-corrected chi connectivity index (χ1v) is 6.27. The Morgan fingerprint density at radius 1 is 1.47 bits per heavy atom. The largest absolute Gasteiger partial charge is 0.480 e. The van der Waals surface area contributed by atoms with Crippen molar-refractivity contribution in [3.63, 3.8) is 0 Å². The number of rotatable bonds is 4. The number of nitrogens with one attached hydrogen (secondary N) is 1.